The van der Waals surface area contributed by atoms with Gasteiger partial charge in [0.05, 0.1) is 0 Å². The van der Waals surface area contributed by atoms with Gasteiger partial charge in [0.1, 0.15) is 0 Å². The highest BCUT2D eigenvalue weighted by molar-refractivity contribution is 5.81. The Kier molecular flexibility index (Phi) is 4.71. The van der Waals surface area contributed by atoms with Crippen LogP contribution in [0.5, 0.6) is 0 Å². The van der Waals surface area contributed by atoms with Crippen LogP contribution in [-0.2, 0) is 6.54 Å². The van der Waals surface area contributed by atoms with Gasteiger partial charge < -0.3 is 9.88 Å². The van der Waals surface area contributed by atoms with Gasteiger partial charge in [-0.05, 0) is 42.8 Å². The maximum absolute atomic E-state index is 12.4. The molecular weight excluding hydrogens is 260 g/mol. The minimum absolute atomic E-state index is 0.118. The van der Waals surface area contributed by atoms with Crippen molar-refractivity contribution < 1.29 is 0 Å². The fraction of sp³-hybridized carbons (Fsp3) is 0.500. The Morgan fingerprint density at radius 2 is 1.90 bits per heavy atom. The first-order valence-electron chi connectivity index (χ1n) is 8.13. The van der Waals surface area contributed by atoms with E-state index in [4.69, 9.17) is 0 Å². The maximum atomic E-state index is 12.4. The Bertz CT molecular complexity index is 641. The van der Waals surface area contributed by atoms with Gasteiger partial charge in [0.25, 0.3) is 5.56 Å². The van der Waals surface area contributed by atoms with E-state index in [1.165, 1.54) is 32.1 Å². The lowest BCUT2D eigenvalue weighted by Crippen LogP contribution is -2.30. The van der Waals surface area contributed by atoms with Gasteiger partial charge >= 0.3 is 0 Å². The van der Waals surface area contributed by atoms with Crippen LogP contribution in [0.3, 0.4) is 0 Å². The van der Waals surface area contributed by atoms with Gasteiger partial charge in [-0.1, -0.05) is 37.5 Å². The average Bonchev–Trinajstić information content (AvgIpc) is 2.55. The first-order chi connectivity index (χ1) is 10.3. The van der Waals surface area contributed by atoms with Crippen molar-refractivity contribution in [2.75, 3.05) is 13.1 Å². The van der Waals surface area contributed by atoms with E-state index < -0.39 is 0 Å². The third-order valence-corrected chi connectivity index (χ3v) is 4.57. The molecule has 2 aromatic rings. The SMILES string of the molecule is O=c1c2ccccc2ccn1CCNCC1CCCCC1. The van der Waals surface area contributed by atoms with Crippen LogP contribution in [0.1, 0.15) is 32.1 Å². The Labute approximate surface area is 126 Å². The molecule has 3 rings (SSSR count). The van der Waals surface area contributed by atoms with E-state index in [0.717, 1.165) is 36.3 Å². The van der Waals surface area contributed by atoms with E-state index in [2.05, 4.69) is 5.32 Å². The minimum Gasteiger partial charge on any atom is -0.315 e. The zero-order valence-corrected chi connectivity index (χ0v) is 12.6. The van der Waals surface area contributed by atoms with Gasteiger partial charge in [0.15, 0.2) is 0 Å². The molecule has 0 bridgehead atoms. The highest BCUT2D eigenvalue weighted by Gasteiger charge is 2.12. The molecule has 1 saturated carbocycles. The summed E-state index contributed by atoms with van der Waals surface area (Å²) in [6, 6.07) is 9.82. The van der Waals surface area contributed by atoms with Crippen molar-refractivity contribution in [3.63, 3.8) is 0 Å². The maximum Gasteiger partial charge on any atom is 0.258 e. The fourth-order valence-electron chi connectivity index (χ4n) is 3.30. The molecule has 1 aliphatic carbocycles. The normalized spacial score (nSPS) is 16.4. The van der Waals surface area contributed by atoms with Crippen LogP contribution in [0.4, 0.5) is 0 Å². The van der Waals surface area contributed by atoms with Crippen LogP contribution in [-0.4, -0.2) is 17.7 Å². The highest BCUT2D eigenvalue weighted by Crippen LogP contribution is 2.22. The summed E-state index contributed by atoms with van der Waals surface area (Å²) in [4.78, 5) is 12.4. The van der Waals surface area contributed by atoms with E-state index in [0.29, 0.717) is 0 Å². The fourth-order valence-corrected chi connectivity index (χ4v) is 3.30. The molecule has 3 heteroatoms. The Balaban J connectivity index is 1.55. The van der Waals surface area contributed by atoms with E-state index in [-0.39, 0.29) is 5.56 Å². The van der Waals surface area contributed by atoms with Gasteiger partial charge in [-0.2, -0.15) is 0 Å². The summed E-state index contributed by atoms with van der Waals surface area (Å²) in [5, 5.41) is 5.35. The van der Waals surface area contributed by atoms with E-state index in [1.807, 2.05) is 41.1 Å². The molecule has 1 fully saturated rings. The zero-order valence-electron chi connectivity index (χ0n) is 12.6. The molecule has 1 N–H and O–H groups in total. The first-order valence-corrected chi connectivity index (χ1v) is 8.13. The van der Waals surface area contributed by atoms with E-state index in [9.17, 15) is 4.79 Å². The molecule has 0 radical (unpaired) electrons. The van der Waals surface area contributed by atoms with Crippen LogP contribution in [0, 0.1) is 5.92 Å². The number of hydrogen-bond acceptors (Lipinski definition) is 2. The number of hydrogen-bond donors (Lipinski definition) is 1. The molecule has 0 saturated heterocycles. The minimum atomic E-state index is 0.118. The molecular formula is C18H24N2O. The number of rotatable bonds is 5. The quantitative estimate of drug-likeness (QED) is 0.856. The number of pyridine rings is 1. The van der Waals surface area contributed by atoms with Gasteiger partial charge in [-0.15, -0.1) is 0 Å². The van der Waals surface area contributed by atoms with Crippen molar-refractivity contribution in [1.29, 1.82) is 0 Å². The van der Waals surface area contributed by atoms with Crippen molar-refractivity contribution in [2.45, 2.75) is 38.6 Å². The monoisotopic (exact) mass is 284 g/mol. The van der Waals surface area contributed by atoms with Crippen molar-refractivity contribution in [2.24, 2.45) is 5.92 Å². The van der Waals surface area contributed by atoms with Crippen molar-refractivity contribution in [3.05, 3.63) is 46.9 Å². The van der Waals surface area contributed by atoms with Gasteiger partial charge in [-0.3, -0.25) is 4.79 Å². The molecule has 112 valence electrons. The Morgan fingerprint density at radius 3 is 2.76 bits per heavy atom. The summed E-state index contributed by atoms with van der Waals surface area (Å²) in [5.41, 5.74) is 0.118. The van der Waals surface area contributed by atoms with Crippen LogP contribution < -0.4 is 10.9 Å². The predicted octanol–water partition coefficient (Wildman–Crippen LogP) is 3.17. The molecule has 21 heavy (non-hydrogen) atoms. The first kappa shape index (κ1) is 14.3. The summed E-state index contributed by atoms with van der Waals surface area (Å²) in [5.74, 6) is 0.840. The third kappa shape index (κ3) is 3.53. The van der Waals surface area contributed by atoms with Gasteiger partial charge in [-0.25, -0.2) is 0 Å². The average molecular weight is 284 g/mol. The third-order valence-electron chi connectivity index (χ3n) is 4.57. The molecule has 0 spiro atoms. The number of nitrogens with zero attached hydrogens (tertiary/aromatic N) is 1. The van der Waals surface area contributed by atoms with Gasteiger partial charge in [0.2, 0.25) is 0 Å². The number of nitrogens with one attached hydrogen (secondary N) is 1. The summed E-state index contributed by atoms with van der Waals surface area (Å²) in [6.45, 7) is 2.72. The second-order valence-electron chi connectivity index (χ2n) is 6.11. The summed E-state index contributed by atoms with van der Waals surface area (Å²) in [7, 11) is 0. The van der Waals surface area contributed by atoms with Crippen molar-refractivity contribution in [1.82, 2.24) is 9.88 Å². The molecule has 0 amide bonds. The predicted molar refractivity (Wildman–Crippen MR) is 87.7 cm³/mol. The van der Waals surface area contributed by atoms with Crippen molar-refractivity contribution in [3.8, 4) is 0 Å². The van der Waals surface area contributed by atoms with Crippen LogP contribution >= 0.6 is 0 Å². The number of benzene rings is 1. The number of fused-ring (bicyclic) bond motifs is 1. The Morgan fingerprint density at radius 1 is 1.10 bits per heavy atom. The molecule has 3 nitrogen and oxygen atoms in total. The van der Waals surface area contributed by atoms with E-state index in [1.54, 1.807) is 0 Å². The lowest BCUT2D eigenvalue weighted by Gasteiger charge is -2.21. The molecule has 0 atom stereocenters. The summed E-state index contributed by atoms with van der Waals surface area (Å²) >= 11 is 0. The molecule has 1 aliphatic rings. The second-order valence-corrected chi connectivity index (χ2v) is 6.11. The highest BCUT2D eigenvalue weighted by atomic mass is 16.1. The Hall–Kier alpha value is -1.61. The molecule has 0 unspecified atom stereocenters. The van der Waals surface area contributed by atoms with Crippen LogP contribution in [0.2, 0.25) is 0 Å². The lowest BCUT2D eigenvalue weighted by atomic mass is 9.89. The lowest BCUT2D eigenvalue weighted by molar-refractivity contribution is 0.340. The molecule has 1 aromatic heterocycles. The molecule has 1 aromatic carbocycles. The number of aromatic nitrogens is 1. The smallest absolute Gasteiger partial charge is 0.258 e. The van der Waals surface area contributed by atoms with E-state index >= 15 is 0 Å². The summed E-state index contributed by atoms with van der Waals surface area (Å²) < 4.78 is 1.82. The zero-order chi connectivity index (χ0) is 14.5. The standard InChI is InChI=1S/C18H24N2O/c21-18-17-9-5-4-8-16(17)10-12-20(18)13-11-19-14-15-6-2-1-3-7-15/h4-5,8-10,12,15,19H,1-3,6-7,11,13-14H2. The largest absolute Gasteiger partial charge is 0.315 e. The topological polar surface area (TPSA) is 34.0 Å². The van der Waals surface area contributed by atoms with Gasteiger partial charge in [0, 0.05) is 24.7 Å². The van der Waals surface area contributed by atoms with Crippen molar-refractivity contribution >= 4 is 10.8 Å². The van der Waals surface area contributed by atoms with Crippen LogP contribution in [0.15, 0.2) is 41.3 Å². The summed E-state index contributed by atoms with van der Waals surface area (Å²) in [6.07, 6.45) is 8.81. The molecule has 1 heterocycles. The van der Waals surface area contributed by atoms with Crippen LogP contribution in [0.25, 0.3) is 10.8 Å². The second kappa shape index (κ2) is 6.90. The molecule has 0 aliphatic heterocycles.